The molecule has 2 aromatic rings. The number of esters is 1. The molecule has 0 saturated carbocycles. The molecular formula is C16H20N2O3. The number of aromatic nitrogens is 1. The number of benzene rings is 1. The Bertz CT molecular complexity index is 628. The van der Waals surface area contributed by atoms with Gasteiger partial charge in [-0.1, -0.05) is 18.2 Å². The van der Waals surface area contributed by atoms with Gasteiger partial charge in [0.1, 0.15) is 17.3 Å². The first-order valence-corrected chi connectivity index (χ1v) is 6.90. The lowest BCUT2D eigenvalue weighted by atomic mass is 10.2. The summed E-state index contributed by atoms with van der Waals surface area (Å²) in [6.07, 6.45) is 0.533. The number of hydrogen-bond acceptors (Lipinski definition) is 5. The van der Waals surface area contributed by atoms with Crippen LogP contribution in [0.4, 0.5) is 0 Å². The average molecular weight is 288 g/mol. The normalized spacial score (nSPS) is 12.1. The van der Waals surface area contributed by atoms with Gasteiger partial charge in [-0.25, -0.2) is 4.98 Å². The van der Waals surface area contributed by atoms with Crippen molar-refractivity contribution in [3.63, 3.8) is 0 Å². The summed E-state index contributed by atoms with van der Waals surface area (Å²) in [5, 5.41) is 3.95. The average Bonchev–Trinajstić information content (AvgIpc) is 2.51. The van der Waals surface area contributed by atoms with E-state index in [1.54, 1.807) is 7.05 Å². The molecule has 0 aliphatic rings. The third kappa shape index (κ3) is 3.70. The molecule has 5 nitrogen and oxygen atoms in total. The van der Waals surface area contributed by atoms with E-state index in [0.717, 1.165) is 22.3 Å². The SMILES string of the molecule is CNC(CCOc1cccc2ccc(C)nc12)C(=O)OC. The Morgan fingerprint density at radius 1 is 1.33 bits per heavy atom. The molecule has 21 heavy (non-hydrogen) atoms. The second-order valence-electron chi connectivity index (χ2n) is 4.78. The topological polar surface area (TPSA) is 60.5 Å². The van der Waals surface area contributed by atoms with Gasteiger partial charge in [0.2, 0.25) is 0 Å². The molecule has 2 rings (SSSR count). The summed E-state index contributed by atoms with van der Waals surface area (Å²) in [4.78, 5) is 16.0. The van der Waals surface area contributed by atoms with E-state index in [4.69, 9.17) is 9.47 Å². The number of nitrogens with one attached hydrogen (secondary N) is 1. The molecule has 1 aromatic heterocycles. The number of carbonyl (C=O) groups is 1. The van der Waals surface area contributed by atoms with Gasteiger partial charge in [0, 0.05) is 17.5 Å². The first kappa shape index (κ1) is 15.3. The standard InChI is InChI=1S/C16H20N2O3/c1-11-7-8-12-5-4-6-14(15(12)18-11)21-10-9-13(17-2)16(19)20-3/h4-8,13,17H,9-10H2,1-3H3. The van der Waals surface area contributed by atoms with Crippen LogP contribution in [0.5, 0.6) is 5.75 Å². The van der Waals surface area contributed by atoms with Gasteiger partial charge >= 0.3 is 5.97 Å². The van der Waals surface area contributed by atoms with E-state index in [-0.39, 0.29) is 12.0 Å². The molecule has 0 amide bonds. The number of ether oxygens (including phenoxy) is 2. The van der Waals surface area contributed by atoms with Crippen LogP contribution in [-0.2, 0) is 9.53 Å². The summed E-state index contributed by atoms with van der Waals surface area (Å²) >= 11 is 0. The molecule has 0 radical (unpaired) electrons. The number of rotatable bonds is 6. The third-order valence-electron chi connectivity index (χ3n) is 3.32. The number of para-hydroxylation sites is 1. The van der Waals surface area contributed by atoms with Crippen molar-refractivity contribution in [2.45, 2.75) is 19.4 Å². The summed E-state index contributed by atoms with van der Waals surface area (Å²) in [5.41, 5.74) is 1.79. The summed E-state index contributed by atoms with van der Waals surface area (Å²) in [7, 11) is 3.11. The zero-order valence-electron chi connectivity index (χ0n) is 12.6. The van der Waals surface area contributed by atoms with Gasteiger partial charge in [-0.05, 0) is 26.1 Å². The van der Waals surface area contributed by atoms with Crippen molar-refractivity contribution in [3.8, 4) is 5.75 Å². The van der Waals surface area contributed by atoms with Crippen LogP contribution < -0.4 is 10.1 Å². The van der Waals surface area contributed by atoms with Crippen molar-refractivity contribution < 1.29 is 14.3 Å². The minimum atomic E-state index is -0.361. The van der Waals surface area contributed by atoms with Crippen molar-refractivity contribution in [2.24, 2.45) is 0 Å². The number of carbonyl (C=O) groups excluding carboxylic acids is 1. The number of hydrogen-bond donors (Lipinski definition) is 1. The van der Waals surface area contributed by atoms with E-state index < -0.39 is 0 Å². The highest BCUT2D eigenvalue weighted by Gasteiger charge is 2.16. The van der Waals surface area contributed by atoms with Crippen molar-refractivity contribution in [3.05, 3.63) is 36.0 Å². The van der Waals surface area contributed by atoms with Crippen LogP contribution in [0.25, 0.3) is 10.9 Å². The Morgan fingerprint density at radius 2 is 2.14 bits per heavy atom. The zero-order valence-corrected chi connectivity index (χ0v) is 12.6. The number of methoxy groups -OCH3 is 1. The Hall–Kier alpha value is -2.14. The molecule has 0 bridgehead atoms. The molecule has 1 aromatic carbocycles. The molecule has 5 heteroatoms. The maximum absolute atomic E-state index is 11.5. The van der Waals surface area contributed by atoms with Crippen LogP contribution in [0.15, 0.2) is 30.3 Å². The van der Waals surface area contributed by atoms with E-state index in [9.17, 15) is 4.79 Å². The van der Waals surface area contributed by atoms with Gasteiger partial charge in [0.15, 0.2) is 0 Å². The van der Waals surface area contributed by atoms with Crippen LogP contribution in [0, 0.1) is 6.92 Å². The highest BCUT2D eigenvalue weighted by atomic mass is 16.5. The Balaban J connectivity index is 2.07. The van der Waals surface area contributed by atoms with Gasteiger partial charge < -0.3 is 14.8 Å². The summed E-state index contributed by atoms with van der Waals surface area (Å²) in [5.74, 6) is 0.448. The summed E-state index contributed by atoms with van der Waals surface area (Å²) in [6, 6.07) is 9.46. The monoisotopic (exact) mass is 288 g/mol. The molecule has 112 valence electrons. The number of nitrogens with zero attached hydrogens (tertiary/aromatic N) is 1. The van der Waals surface area contributed by atoms with E-state index in [1.165, 1.54) is 7.11 Å². The Kier molecular flexibility index (Phi) is 5.11. The number of aryl methyl sites for hydroxylation is 1. The van der Waals surface area contributed by atoms with Crippen LogP contribution in [0.1, 0.15) is 12.1 Å². The van der Waals surface area contributed by atoms with Crippen molar-refractivity contribution in [1.29, 1.82) is 0 Å². The van der Waals surface area contributed by atoms with Crippen molar-refractivity contribution >= 4 is 16.9 Å². The maximum Gasteiger partial charge on any atom is 0.322 e. The van der Waals surface area contributed by atoms with E-state index in [2.05, 4.69) is 10.3 Å². The van der Waals surface area contributed by atoms with Crippen molar-refractivity contribution in [2.75, 3.05) is 20.8 Å². The first-order chi connectivity index (χ1) is 10.2. The second kappa shape index (κ2) is 7.04. The third-order valence-corrected chi connectivity index (χ3v) is 3.32. The number of likely N-dealkylation sites (N-methyl/N-ethyl adjacent to an activating group) is 1. The molecule has 0 fully saturated rings. The fraction of sp³-hybridized carbons (Fsp3) is 0.375. The van der Waals surface area contributed by atoms with Gasteiger partial charge in [-0.3, -0.25) is 4.79 Å². The predicted molar refractivity (Wildman–Crippen MR) is 81.5 cm³/mol. The second-order valence-corrected chi connectivity index (χ2v) is 4.78. The van der Waals surface area contributed by atoms with Crippen LogP contribution in [0.3, 0.4) is 0 Å². The van der Waals surface area contributed by atoms with E-state index >= 15 is 0 Å². The van der Waals surface area contributed by atoms with Gasteiger partial charge in [-0.15, -0.1) is 0 Å². The van der Waals surface area contributed by atoms with Crippen LogP contribution in [-0.4, -0.2) is 37.8 Å². The number of pyridine rings is 1. The fourth-order valence-electron chi connectivity index (χ4n) is 2.14. The predicted octanol–water partition coefficient (Wildman–Crippen LogP) is 2.07. The summed E-state index contributed by atoms with van der Waals surface area (Å²) in [6.45, 7) is 2.36. The number of fused-ring (bicyclic) bond motifs is 1. The quantitative estimate of drug-likeness (QED) is 0.825. The first-order valence-electron chi connectivity index (χ1n) is 6.90. The van der Waals surface area contributed by atoms with Crippen LogP contribution >= 0.6 is 0 Å². The van der Waals surface area contributed by atoms with Gasteiger partial charge in [-0.2, -0.15) is 0 Å². The highest BCUT2D eigenvalue weighted by Crippen LogP contribution is 2.24. The lowest BCUT2D eigenvalue weighted by Gasteiger charge is -2.14. The molecule has 1 N–H and O–H groups in total. The molecule has 1 heterocycles. The largest absolute Gasteiger partial charge is 0.491 e. The van der Waals surface area contributed by atoms with Crippen LogP contribution in [0.2, 0.25) is 0 Å². The molecule has 1 unspecified atom stereocenters. The zero-order chi connectivity index (χ0) is 15.2. The highest BCUT2D eigenvalue weighted by molar-refractivity contribution is 5.84. The van der Waals surface area contributed by atoms with Crippen molar-refractivity contribution in [1.82, 2.24) is 10.3 Å². The summed E-state index contributed by atoms with van der Waals surface area (Å²) < 4.78 is 10.5. The van der Waals surface area contributed by atoms with E-state index in [1.807, 2.05) is 37.3 Å². The van der Waals surface area contributed by atoms with E-state index in [0.29, 0.717) is 13.0 Å². The molecule has 0 spiro atoms. The minimum Gasteiger partial charge on any atom is -0.491 e. The Morgan fingerprint density at radius 3 is 2.86 bits per heavy atom. The molecule has 0 aliphatic carbocycles. The van der Waals surface area contributed by atoms with Gasteiger partial charge in [0.25, 0.3) is 0 Å². The molecule has 0 aliphatic heterocycles. The minimum absolute atomic E-state index is 0.284. The maximum atomic E-state index is 11.5. The molecule has 1 atom stereocenters. The van der Waals surface area contributed by atoms with Gasteiger partial charge in [0.05, 0.1) is 13.7 Å². The molecule has 0 saturated heterocycles. The lowest BCUT2D eigenvalue weighted by Crippen LogP contribution is -2.36. The smallest absolute Gasteiger partial charge is 0.322 e. The molecular weight excluding hydrogens is 268 g/mol. The Labute approximate surface area is 124 Å². The fourth-order valence-corrected chi connectivity index (χ4v) is 2.14. The lowest BCUT2D eigenvalue weighted by molar-refractivity contribution is -0.143.